The molecule has 1 aromatic heterocycles. The van der Waals surface area contributed by atoms with E-state index < -0.39 is 5.91 Å². The van der Waals surface area contributed by atoms with Crippen LogP contribution < -0.4 is 10.6 Å². The lowest BCUT2D eigenvalue weighted by Crippen LogP contribution is -2.45. The minimum atomic E-state index is -0.442. The number of aromatic nitrogens is 2. The van der Waals surface area contributed by atoms with Gasteiger partial charge >= 0.3 is 0 Å². The molecule has 1 aromatic carbocycles. The molecular weight excluding hydrogens is 462 g/mol. The number of anilines is 1. The van der Waals surface area contributed by atoms with Crippen molar-refractivity contribution in [1.29, 1.82) is 0 Å². The number of hydrogen-bond donors (Lipinski definition) is 2. The molecule has 1 saturated carbocycles. The van der Waals surface area contributed by atoms with Gasteiger partial charge in [-0.25, -0.2) is 0 Å². The Labute approximate surface area is 202 Å². The molecule has 0 bridgehead atoms. The van der Waals surface area contributed by atoms with E-state index in [0.29, 0.717) is 36.6 Å². The van der Waals surface area contributed by atoms with Crippen LogP contribution in [0.2, 0.25) is 5.02 Å². The highest BCUT2D eigenvalue weighted by Gasteiger charge is 2.30. The summed E-state index contributed by atoms with van der Waals surface area (Å²) in [5.74, 6) is -0.643. The van der Waals surface area contributed by atoms with Crippen LogP contribution in [0.5, 0.6) is 0 Å². The van der Waals surface area contributed by atoms with Crippen LogP contribution in [0.1, 0.15) is 71.0 Å². The predicted octanol–water partition coefficient (Wildman–Crippen LogP) is 4.14. The van der Waals surface area contributed by atoms with E-state index in [1.54, 1.807) is 29.2 Å². The maximum absolute atomic E-state index is 12.9. The molecule has 2 fully saturated rings. The Kier molecular flexibility index (Phi) is 7.93. The first kappa shape index (κ1) is 23.6. The lowest BCUT2D eigenvalue weighted by molar-refractivity contribution is -0.127. The fraction of sp³-hybridized carbons (Fsp3) is 0.522. The molecule has 10 heteroatoms. The van der Waals surface area contributed by atoms with Gasteiger partial charge in [-0.2, -0.15) is 0 Å². The maximum atomic E-state index is 12.9. The van der Waals surface area contributed by atoms with Crippen molar-refractivity contribution in [1.82, 2.24) is 20.4 Å². The van der Waals surface area contributed by atoms with Crippen LogP contribution in [-0.2, 0) is 4.79 Å². The number of carbonyl (C=O) groups is 3. The lowest BCUT2D eigenvalue weighted by atomic mass is 9.95. The Balaban J connectivity index is 1.27. The second kappa shape index (κ2) is 11.1. The van der Waals surface area contributed by atoms with Crippen LogP contribution in [0.15, 0.2) is 24.3 Å². The van der Waals surface area contributed by atoms with Gasteiger partial charge in [0.2, 0.25) is 15.9 Å². The molecule has 2 heterocycles. The zero-order valence-electron chi connectivity index (χ0n) is 18.4. The summed E-state index contributed by atoms with van der Waals surface area (Å²) in [6.45, 7) is 0.983. The highest BCUT2D eigenvalue weighted by Crippen LogP contribution is 2.23. The second-order valence-corrected chi connectivity index (χ2v) is 10.1. The zero-order valence-corrected chi connectivity index (χ0v) is 20.0. The Hall–Kier alpha value is -2.52. The molecule has 0 atom stereocenters. The van der Waals surface area contributed by atoms with E-state index in [4.69, 9.17) is 11.6 Å². The number of halogens is 1. The first-order valence-electron chi connectivity index (χ1n) is 11.5. The molecule has 1 aliphatic carbocycles. The maximum Gasteiger partial charge on any atom is 0.286 e. The van der Waals surface area contributed by atoms with E-state index in [1.165, 1.54) is 25.7 Å². The van der Waals surface area contributed by atoms with Crippen molar-refractivity contribution >= 4 is 46.3 Å². The van der Waals surface area contributed by atoms with Crippen molar-refractivity contribution in [3.05, 3.63) is 39.3 Å². The summed E-state index contributed by atoms with van der Waals surface area (Å²) in [4.78, 5) is 39.7. The molecule has 0 unspecified atom stereocenters. The van der Waals surface area contributed by atoms with Gasteiger partial charge in [0, 0.05) is 35.8 Å². The van der Waals surface area contributed by atoms with E-state index in [2.05, 4.69) is 20.8 Å². The number of nitrogens with zero attached hydrogens (tertiary/aromatic N) is 3. The van der Waals surface area contributed by atoms with Crippen molar-refractivity contribution in [2.45, 2.75) is 57.4 Å². The molecule has 2 aromatic rings. The third-order valence-corrected chi connectivity index (χ3v) is 7.38. The fourth-order valence-corrected chi connectivity index (χ4v) is 5.27. The van der Waals surface area contributed by atoms with Gasteiger partial charge < -0.3 is 15.5 Å². The van der Waals surface area contributed by atoms with E-state index in [0.717, 1.165) is 24.2 Å². The average molecular weight is 490 g/mol. The average Bonchev–Trinajstić information content (AvgIpc) is 3.18. The Morgan fingerprint density at radius 1 is 0.970 bits per heavy atom. The quantitative estimate of drug-likeness (QED) is 0.614. The number of likely N-dealkylation sites (tertiary alicyclic amines) is 1. The number of piperidine rings is 1. The molecule has 1 aliphatic heterocycles. The number of benzene rings is 1. The van der Waals surface area contributed by atoms with Crippen LogP contribution in [0.25, 0.3) is 0 Å². The van der Waals surface area contributed by atoms with E-state index in [-0.39, 0.29) is 33.8 Å². The summed E-state index contributed by atoms with van der Waals surface area (Å²) in [6, 6.07) is 7.07. The Bertz CT molecular complexity index is 997. The van der Waals surface area contributed by atoms with E-state index in [1.807, 2.05) is 0 Å². The van der Waals surface area contributed by atoms with Crippen LogP contribution in [0, 0.1) is 5.92 Å². The largest absolute Gasteiger partial charge is 0.353 e. The molecule has 2 aliphatic rings. The van der Waals surface area contributed by atoms with Gasteiger partial charge in [-0.05, 0) is 43.9 Å². The van der Waals surface area contributed by atoms with Crippen molar-refractivity contribution in [2.75, 3.05) is 18.4 Å². The highest BCUT2D eigenvalue weighted by molar-refractivity contribution is 7.15. The smallest absolute Gasteiger partial charge is 0.286 e. The molecule has 3 amide bonds. The van der Waals surface area contributed by atoms with Crippen LogP contribution in [0.4, 0.5) is 5.69 Å². The van der Waals surface area contributed by atoms with Gasteiger partial charge in [0.1, 0.15) is 0 Å². The molecule has 4 rings (SSSR count). The summed E-state index contributed by atoms with van der Waals surface area (Å²) in [7, 11) is 0. The van der Waals surface area contributed by atoms with Crippen LogP contribution in [-0.4, -0.2) is 52.0 Å². The van der Waals surface area contributed by atoms with Crippen molar-refractivity contribution in [3.63, 3.8) is 0 Å². The molecule has 1 saturated heterocycles. The van der Waals surface area contributed by atoms with Gasteiger partial charge in [-0.1, -0.05) is 54.7 Å². The standard InChI is InChI=1S/C23H28ClN5O3S/c24-16-6-5-9-18(14-16)26-20(31)21-27-28-22(33-21)23(32)29-12-10-15(11-13-29)19(30)25-17-7-3-1-2-4-8-17/h5-6,9,14-15,17H,1-4,7-8,10-13H2,(H,25,30)(H,26,31). The molecular formula is C23H28ClN5O3S. The highest BCUT2D eigenvalue weighted by atomic mass is 35.5. The third kappa shape index (κ3) is 6.29. The van der Waals surface area contributed by atoms with E-state index in [9.17, 15) is 14.4 Å². The number of nitrogens with one attached hydrogen (secondary N) is 2. The molecule has 2 N–H and O–H groups in total. The van der Waals surface area contributed by atoms with Crippen molar-refractivity contribution in [2.24, 2.45) is 5.92 Å². The van der Waals surface area contributed by atoms with Gasteiger partial charge in [0.15, 0.2) is 0 Å². The fourth-order valence-electron chi connectivity index (χ4n) is 4.37. The summed E-state index contributed by atoms with van der Waals surface area (Å²) in [5.41, 5.74) is 0.541. The molecule has 0 radical (unpaired) electrons. The first-order chi connectivity index (χ1) is 16.0. The van der Waals surface area contributed by atoms with Crippen LogP contribution in [0.3, 0.4) is 0 Å². The molecule has 176 valence electrons. The minimum absolute atomic E-state index is 0.0641. The first-order valence-corrected chi connectivity index (χ1v) is 12.7. The van der Waals surface area contributed by atoms with Crippen LogP contribution >= 0.6 is 22.9 Å². The molecule has 0 spiro atoms. The van der Waals surface area contributed by atoms with Crippen molar-refractivity contribution in [3.8, 4) is 0 Å². The zero-order chi connectivity index (χ0) is 23.2. The summed E-state index contributed by atoms with van der Waals surface area (Å²) >= 11 is 6.90. The normalized spacial score (nSPS) is 17.9. The SMILES string of the molecule is O=C(Nc1cccc(Cl)c1)c1nnc(C(=O)N2CCC(C(=O)NC3CCCCCC3)CC2)s1. The van der Waals surface area contributed by atoms with Gasteiger partial charge in [0.05, 0.1) is 0 Å². The van der Waals surface area contributed by atoms with E-state index >= 15 is 0 Å². The number of rotatable bonds is 5. The summed E-state index contributed by atoms with van der Waals surface area (Å²) in [5, 5.41) is 14.5. The topological polar surface area (TPSA) is 104 Å². The third-order valence-electron chi connectivity index (χ3n) is 6.24. The van der Waals surface area contributed by atoms with Crippen molar-refractivity contribution < 1.29 is 14.4 Å². The Morgan fingerprint density at radius 2 is 1.67 bits per heavy atom. The lowest BCUT2D eigenvalue weighted by Gasteiger charge is -2.31. The summed E-state index contributed by atoms with van der Waals surface area (Å²) in [6.07, 6.45) is 8.25. The monoisotopic (exact) mass is 489 g/mol. The second-order valence-electron chi connectivity index (χ2n) is 8.64. The summed E-state index contributed by atoms with van der Waals surface area (Å²) < 4.78 is 0. The minimum Gasteiger partial charge on any atom is -0.353 e. The van der Waals surface area contributed by atoms with Gasteiger partial charge in [-0.3, -0.25) is 14.4 Å². The number of amides is 3. The van der Waals surface area contributed by atoms with Gasteiger partial charge in [-0.15, -0.1) is 10.2 Å². The molecule has 33 heavy (non-hydrogen) atoms. The predicted molar refractivity (Wildman–Crippen MR) is 128 cm³/mol. The number of hydrogen-bond acceptors (Lipinski definition) is 6. The van der Waals surface area contributed by atoms with Gasteiger partial charge in [0.25, 0.3) is 11.8 Å². The Morgan fingerprint density at radius 3 is 2.36 bits per heavy atom. The number of carbonyl (C=O) groups excluding carboxylic acids is 3. The molecule has 8 nitrogen and oxygen atoms in total.